The summed E-state index contributed by atoms with van der Waals surface area (Å²) in [4.78, 5) is 12.1. The van der Waals surface area contributed by atoms with E-state index in [1.807, 2.05) is 18.2 Å². The normalized spacial score (nSPS) is 18.9. The van der Waals surface area contributed by atoms with Crippen molar-refractivity contribution >= 4 is 11.6 Å². The van der Waals surface area contributed by atoms with Gasteiger partial charge in [0.25, 0.3) is 0 Å². The fraction of sp³-hybridized carbons (Fsp3) is 0.500. The molecular weight excluding hydrogens is 246 g/mol. The average molecular weight is 263 g/mol. The molecule has 2 aliphatic rings. The van der Waals surface area contributed by atoms with E-state index in [9.17, 15) is 4.79 Å². The third-order valence-electron chi connectivity index (χ3n) is 3.40. The van der Waals surface area contributed by atoms with Crippen molar-refractivity contribution in [3.63, 3.8) is 0 Å². The maximum Gasteiger partial charge on any atom is 0.227 e. The summed E-state index contributed by atoms with van der Waals surface area (Å²) < 4.78 is 16.2. The van der Waals surface area contributed by atoms with Crippen LogP contribution in [0.4, 0.5) is 5.69 Å². The molecule has 2 heterocycles. The average Bonchev–Trinajstić information content (AvgIpc) is 2.48. The first-order chi connectivity index (χ1) is 9.33. The van der Waals surface area contributed by atoms with Gasteiger partial charge in [-0.05, 0) is 25.0 Å². The van der Waals surface area contributed by atoms with Gasteiger partial charge in [-0.2, -0.15) is 0 Å². The van der Waals surface area contributed by atoms with Crippen molar-refractivity contribution in [2.24, 2.45) is 5.92 Å². The lowest BCUT2D eigenvalue weighted by Gasteiger charge is -2.22. The molecule has 1 fully saturated rings. The number of carbonyl (C=O) groups is 1. The van der Waals surface area contributed by atoms with Gasteiger partial charge in [0.2, 0.25) is 5.91 Å². The molecular formula is C14H17NO4. The Kier molecular flexibility index (Phi) is 3.55. The van der Waals surface area contributed by atoms with Gasteiger partial charge < -0.3 is 19.5 Å². The Morgan fingerprint density at radius 3 is 2.58 bits per heavy atom. The van der Waals surface area contributed by atoms with Crippen LogP contribution in [-0.4, -0.2) is 32.3 Å². The Bertz CT molecular complexity index is 469. The van der Waals surface area contributed by atoms with Crippen LogP contribution in [0.3, 0.4) is 0 Å². The quantitative estimate of drug-likeness (QED) is 0.884. The van der Waals surface area contributed by atoms with E-state index in [4.69, 9.17) is 14.2 Å². The molecule has 0 spiro atoms. The first-order valence-electron chi connectivity index (χ1n) is 6.61. The van der Waals surface area contributed by atoms with Gasteiger partial charge in [-0.1, -0.05) is 0 Å². The van der Waals surface area contributed by atoms with Gasteiger partial charge in [0, 0.05) is 30.9 Å². The van der Waals surface area contributed by atoms with E-state index in [2.05, 4.69) is 5.32 Å². The molecule has 0 atom stereocenters. The minimum atomic E-state index is 0.0435. The van der Waals surface area contributed by atoms with Gasteiger partial charge in [0.15, 0.2) is 11.5 Å². The smallest absolute Gasteiger partial charge is 0.227 e. The predicted molar refractivity (Wildman–Crippen MR) is 69.6 cm³/mol. The van der Waals surface area contributed by atoms with Crippen molar-refractivity contribution in [3.8, 4) is 11.5 Å². The summed E-state index contributed by atoms with van der Waals surface area (Å²) in [5.41, 5.74) is 0.751. The number of nitrogens with one attached hydrogen (secondary N) is 1. The third-order valence-corrected chi connectivity index (χ3v) is 3.40. The summed E-state index contributed by atoms with van der Waals surface area (Å²) >= 11 is 0. The SMILES string of the molecule is O=C(Nc1ccc2c(c1)OCCO2)C1CCOCC1. The number of rotatable bonds is 2. The van der Waals surface area contributed by atoms with Gasteiger partial charge in [-0.25, -0.2) is 0 Å². The van der Waals surface area contributed by atoms with Crippen LogP contribution in [0.1, 0.15) is 12.8 Å². The lowest BCUT2D eigenvalue weighted by molar-refractivity contribution is -0.122. The van der Waals surface area contributed by atoms with Gasteiger partial charge in [-0.15, -0.1) is 0 Å². The number of carbonyl (C=O) groups excluding carboxylic acids is 1. The molecule has 0 bridgehead atoms. The van der Waals surface area contributed by atoms with E-state index in [1.165, 1.54) is 0 Å². The molecule has 0 radical (unpaired) electrons. The van der Waals surface area contributed by atoms with E-state index in [0.717, 1.165) is 24.3 Å². The van der Waals surface area contributed by atoms with Gasteiger partial charge in [-0.3, -0.25) is 4.79 Å². The zero-order chi connectivity index (χ0) is 13.1. The minimum absolute atomic E-state index is 0.0435. The summed E-state index contributed by atoms with van der Waals surface area (Å²) in [5, 5.41) is 2.93. The molecule has 1 amide bonds. The molecule has 3 rings (SSSR count). The van der Waals surface area contributed by atoms with Crippen molar-refractivity contribution in [1.29, 1.82) is 0 Å². The zero-order valence-electron chi connectivity index (χ0n) is 10.7. The summed E-state index contributed by atoms with van der Waals surface area (Å²) in [6.45, 7) is 2.45. The van der Waals surface area contributed by atoms with E-state index < -0.39 is 0 Å². The first kappa shape index (κ1) is 12.3. The number of hydrogen-bond donors (Lipinski definition) is 1. The summed E-state index contributed by atoms with van der Waals surface area (Å²) in [5.74, 6) is 1.52. The van der Waals surface area contributed by atoms with Crippen molar-refractivity contribution < 1.29 is 19.0 Å². The number of ether oxygens (including phenoxy) is 3. The van der Waals surface area contributed by atoms with E-state index in [1.54, 1.807) is 0 Å². The van der Waals surface area contributed by atoms with Crippen LogP contribution in [0.2, 0.25) is 0 Å². The predicted octanol–water partition coefficient (Wildman–Crippen LogP) is 1.82. The van der Waals surface area contributed by atoms with Crippen molar-refractivity contribution in [2.75, 3.05) is 31.7 Å². The van der Waals surface area contributed by atoms with Gasteiger partial charge >= 0.3 is 0 Å². The number of anilines is 1. The summed E-state index contributed by atoms with van der Waals surface area (Å²) in [6.07, 6.45) is 1.58. The van der Waals surface area contributed by atoms with E-state index in [0.29, 0.717) is 32.2 Å². The molecule has 0 aliphatic carbocycles. The summed E-state index contributed by atoms with van der Waals surface area (Å²) in [6, 6.07) is 5.48. The highest BCUT2D eigenvalue weighted by Crippen LogP contribution is 2.32. The summed E-state index contributed by atoms with van der Waals surface area (Å²) in [7, 11) is 0. The maximum absolute atomic E-state index is 12.1. The third kappa shape index (κ3) is 2.81. The highest BCUT2D eigenvalue weighted by atomic mass is 16.6. The van der Waals surface area contributed by atoms with Crippen LogP contribution >= 0.6 is 0 Å². The molecule has 1 aromatic rings. The molecule has 2 aliphatic heterocycles. The molecule has 102 valence electrons. The van der Waals surface area contributed by atoms with E-state index in [-0.39, 0.29) is 11.8 Å². The number of fused-ring (bicyclic) bond motifs is 1. The monoisotopic (exact) mass is 263 g/mol. The van der Waals surface area contributed by atoms with Gasteiger partial charge in [0.05, 0.1) is 0 Å². The standard InChI is InChI=1S/C14H17NO4/c16-14(10-3-5-17-6-4-10)15-11-1-2-12-13(9-11)19-8-7-18-12/h1-2,9-10H,3-8H2,(H,15,16). The lowest BCUT2D eigenvalue weighted by Crippen LogP contribution is -2.28. The van der Waals surface area contributed by atoms with Crippen molar-refractivity contribution in [2.45, 2.75) is 12.8 Å². The maximum atomic E-state index is 12.1. The molecule has 5 heteroatoms. The fourth-order valence-electron chi connectivity index (χ4n) is 2.33. The van der Waals surface area contributed by atoms with Crippen LogP contribution in [-0.2, 0) is 9.53 Å². The molecule has 1 N–H and O–H groups in total. The molecule has 0 unspecified atom stereocenters. The number of amides is 1. The largest absolute Gasteiger partial charge is 0.486 e. The van der Waals surface area contributed by atoms with Crippen LogP contribution in [0, 0.1) is 5.92 Å². The molecule has 19 heavy (non-hydrogen) atoms. The Labute approximate surface area is 111 Å². The first-order valence-corrected chi connectivity index (χ1v) is 6.61. The highest BCUT2D eigenvalue weighted by Gasteiger charge is 2.22. The topological polar surface area (TPSA) is 56.8 Å². The molecule has 1 saturated heterocycles. The Hall–Kier alpha value is -1.75. The lowest BCUT2D eigenvalue weighted by atomic mass is 9.99. The Morgan fingerprint density at radius 2 is 1.79 bits per heavy atom. The van der Waals surface area contributed by atoms with Crippen LogP contribution < -0.4 is 14.8 Å². The second-order valence-corrected chi connectivity index (χ2v) is 4.73. The van der Waals surface area contributed by atoms with Gasteiger partial charge in [0.1, 0.15) is 13.2 Å². The second-order valence-electron chi connectivity index (χ2n) is 4.73. The molecule has 1 aromatic carbocycles. The second kappa shape index (κ2) is 5.48. The van der Waals surface area contributed by atoms with Crippen molar-refractivity contribution in [1.82, 2.24) is 0 Å². The Balaban J connectivity index is 1.67. The van der Waals surface area contributed by atoms with Crippen LogP contribution in [0.15, 0.2) is 18.2 Å². The molecule has 0 aromatic heterocycles. The molecule has 5 nitrogen and oxygen atoms in total. The Morgan fingerprint density at radius 1 is 1.05 bits per heavy atom. The number of benzene rings is 1. The van der Waals surface area contributed by atoms with Crippen molar-refractivity contribution in [3.05, 3.63) is 18.2 Å². The zero-order valence-corrected chi connectivity index (χ0v) is 10.7. The minimum Gasteiger partial charge on any atom is -0.486 e. The van der Waals surface area contributed by atoms with E-state index >= 15 is 0 Å². The molecule has 0 saturated carbocycles. The highest BCUT2D eigenvalue weighted by molar-refractivity contribution is 5.92. The van der Waals surface area contributed by atoms with Crippen LogP contribution in [0.25, 0.3) is 0 Å². The fourth-order valence-corrected chi connectivity index (χ4v) is 2.33. The number of hydrogen-bond acceptors (Lipinski definition) is 4. The van der Waals surface area contributed by atoms with Crippen LogP contribution in [0.5, 0.6) is 11.5 Å².